The molecule has 0 radical (unpaired) electrons. The molecule has 0 saturated carbocycles. The average molecular weight is 117 g/mol. The van der Waals surface area contributed by atoms with Crippen molar-refractivity contribution in [2.24, 2.45) is 0 Å². The summed E-state index contributed by atoms with van der Waals surface area (Å²) >= 11 is 0. The van der Waals surface area contributed by atoms with E-state index >= 15 is 0 Å². The number of aliphatic hydroxyl groups is 1. The first kappa shape index (κ1) is 7.92. The number of rotatable bonds is 4. The number of hydrogen-bond acceptors (Lipinski definition) is 2. The second-order valence-corrected chi connectivity index (χ2v) is 1.86. The van der Waals surface area contributed by atoms with E-state index in [4.69, 9.17) is 5.11 Å². The molecule has 2 nitrogen and oxygen atoms in total. The SMILES string of the molecule is CCCC(O)NCC. The lowest BCUT2D eigenvalue weighted by Gasteiger charge is -2.07. The molecule has 0 aromatic rings. The van der Waals surface area contributed by atoms with Gasteiger partial charge in [0.2, 0.25) is 0 Å². The molecule has 0 spiro atoms. The molecule has 2 N–H and O–H groups in total. The number of hydrogen-bond donors (Lipinski definition) is 2. The van der Waals surface area contributed by atoms with Gasteiger partial charge in [-0.3, -0.25) is 5.32 Å². The number of nitrogens with one attached hydrogen (secondary N) is 1. The smallest absolute Gasteiger partial charge is 0.104 e. The highest BCUT2D eigenvalue weighted by Crippen LogP contribution is 1.89. The van der Waals surface area contributed by atoms with Gasteiger partial charge < -0.3 is 5.11 Å². The first-order valence-corrected chi connectivity index (χ1v) is 3.22. The molecule has 50 valence electrons. The van der Waals surface area contributed by atoms with Crippen LogP contribution in [0.3, 0.4) is 0 Å². The molecular weight excluding hydrogens is 102 g/mol. The standard InChI is InChI=1S/C6H15NO/c1-3-5-6(8)7-4-2/h6-8H,3-5H2,1-2H3. The second kappa shape index (κ2) is 5.06. The van der Waals surface area contributed by atoms with Gasteiger partial charge in [0, 0.05) is 0 Å². The van der Waals surface area contributed by atoms with Crippen LogP contribution < -0.4 is 5.32 Å². The maximum Gasteiger partial charge on any atom is 0.104 e. The van der Waals surface area contributed by atoms with Gasteiger partial charge in [0.1, 0.15) is 6.23 Å². The lowest BCUT2D eigenvalue weighted by Crippen LogP contribution is -2.27. The summed E-state index contributed by atoms with van der Waals surface area (Å²) in [7, 11) is 0. The van der Waals surface area contributed by atoms with Gasteiger partial charge in [-0.15, -0.1) is 0 Å². The normalized spacial score (nSPS) is 13.9. The summed E-state index contributed by atoms with van der Waals surface area (Å²) in [6.07, 6.45) is 1.60. The molecule has 0 amide bonds. The van der Waals surface area contributed by atoms with Gasteiger partial charge in [0.15, 0.2) is 0 Å². The van der Waals surface area contributed by atoms with Crippen LogP contribution in [0, 0.1) is 0 Å². The lowest BCUT2D eigenvalue weighted by molar-refractivity contribution is 0.129. The van der Waals surface area contributed by atoms with Crippen LogP contribution >= 0.6 is 0 Å². The first-order valence-electron chi connectivity index (χ1n) is 3.22. The Balaban J connectivity index is 2.92. The van der Waals surface area contributed by atoms with E-state index in [0.717, 1.165) is 19.4 Å². The Labute approximate surface area is 50.9 Å². The second-order valence-electron chi connectivity index (χ2n) is 1.86. The minimum atomic E-state index is -0.287. The highest BCUT2D eigenvalue weighted by Gasteiger charge is 1.95. The molecule has 2 heteroatoms. The molecule has 0 fully saturated rings. The van der Waals surface area contributed by atoms with Gasteiger partial charge in [-0.1, -0.05) is 20.3 Å². The van der Waals surface area contributed by atoms with Crippen LogP contribution in [0.15, 0.2) is 0 Å². The van der Waals surface area contributed by atoms with Crippen molar-refractivity contribution in [3.05, 3.63) is 0 Å². The van der Waals surface area contributed by atoms with Crippen molar-refractivity contribution >= 4 is 0 Å². The fourth-order valence-electron chi connectivity index (χ4n) is 0.611. The van der Waals surface area contributed by atoms with Gasteiger partial charge in [0.05, 0.1) is 0 Å². The predicted octanol–water partition coefficient (Wildman–Crippen LogP) is 0.714. The zero-order chi connectivity index (χ0) is 6.41. The highest BCUT2D eigenvalue weighted by molar-refractivity contribution is 4.47. The van der Waals surface area contributed by atoms with E-state index in [1.807, 2.05) is 6.92 Å². The Morgan fingerprint density at radius 3 is 2.50 bits per heavy atom. The van der Waals surface area contributed by atoms with Gasteiger partial charge in [-0.25, -0.2) is 0 Å². The predicted molar refractivity (Wildman–Crippen MR) is 34.6 cm³/mol. The molecule has 0 aliphatic rings. The molecule has 0 rings (SSSR count). The van der Waals surface area contributed by atoms with Crippen molar-refractivity contribution in [2.75, 3.05) is 6.54 Å². The van der Waals surface area contributed by atoms with E-state index in [1.54, 1.807) is 0 Å². The maximum absolute atomic E-state index is 8.94. The van der Waals surface area contributed by atoms with Crippen molar-refractivity contribution in [1.29, 1.82) is 0 Å². The van der Waals surface area contributed by atoms with Gasteiger partial charge in [-0.2, -0.15) is 0 Å². The molecule has 0 bridgehead atoms. The zero-order valence-electron chi connectivity index (χ0n) is 5.65. The Bertz CT molecular complexity index is 41.8. The van der Waals surface area contributed by atoms with E-state index < -0.39 is 0 Å². The van der Waals surface area contributed by atoms with Crippen LogP contribution in [0.5, 0.6) is 0 Å². The van der Waals surface area contributed by atoms with Gasteiger partial charge in [-0.05, 0) is 13.0 Å². The molecule has 1 atom stereocenters. The largest absolute Gasteiger partial charge is 0.379 e. The van der Waals surface area contributed by atoms with E-state index in [-0.39, 0.29) is 6.23 Å². The van der Waals surface area contributed by atoms with E-state index in [2.05, 4.69) is 12.2 Å². The summed E-state index contributed by atoms with van der Waals surface area (Å²) in [5.41, 5.74) is 0. The highest BCUT2D eigenvalue weighted by atomic mass is 16.3. The van der Waals surface area contributed by atoms with Crippen molar-refractivity contribution in [1.82, 2.24) is 5.32 Å². The molecule has 0 aromatic carbocycles. The molecule has 0 aromatic heterocycles. The lowest BCUT2D eigenvalue weighted by atomic mass is 10.3. The minimum absolute atomic E-state index is 0.287. The average Bonchev–Trinajstić information content (AvgIpc) is 1.68. The zero-order valence-corrected chi connectivity index (χ0v) is 5.65. The summed E-state index contributed by atoms with van der Waals surface area (Å²) in [6, 6.07) is 0. The Morgan fingerprint density at radius 1 is 1.50 bits per heavy atom. The monoisotopic (exact) mass is 117 g/mol. The van der Waals surface area contributed by atoms with Crippen LogP contribution in [0.4, 0.5) is 0 Å². The Kier molecular flexibility index (Phi) is 5.01. The first-order chi connectivity index (χ1) is 3.81. The summed E-state index contributed by atoms with van der Waals surface area (Å²) in [6.45, 7) is 4.89. The summed E-state index contributed by atoms with van der Waals surface area (Å²) in [4.78, 5) is 0. The van der Waals surface area contributed by atoms with Crippen molar-refractivity contribution < 1.29 is 5.11 Å². The van der Waals surface area contributed by atoms with Crippen molar-refractivity contribution in [3.8, 4) is 0 Å². The van der Waals surface area contributed by atoms with Crippen LogP contribution in [0.2, 0.25) is 0 Å². The molecule has 0 aliphatic carbocycles. The summed E-state index contributed by atoms with van der Waals surface area (Å²) in [5, 5.41) is 11.8. The van der Waals surface area contributed by atoms with Gasteiger partial charge in [0.25, 0.3) is 0 Å². The summed E-state index contributed by atoms with van der Waals surface area (Å²) in [5.74, 6) is 0. The number of aliphatic hydroxyl groups excluding tert-OH is 1. The molecule has 1 unspecified atom stereocenters. The Hall–Kier alpha value is -0.0800. The topological polar surface area (TPSA) is 32.3 Å². The van der Waals surface area contributed by atoms with E-state index in [9.17, 15) is 0 Å². The van der Waals surface area contributed by atoms with Crippen LogP contribution in [-0.2, 0) is 0 Å². The third kappa shape index (κ3) is 4.09. The van der Waals surface area contributed by atoms with Crippen molar-refractivity contribution in [3.63, 3.8) is 0 Å². The molecular formula is C6H15NO. The third-order valence-electron chi connectivity index (χ3n) is 1.00. The van der Waals surface area contributed by atoms with Crippen LogP contribution in [0.1, 0.15) is 26.7 Å². The van der Waals surface area contributed by atoms with Crippen molar-refractivity contribution in [2.45, 2.75) is 32.9 Å². The van der Waals surface area contributed by atoms with E-state index in [1.165, 1.54) is 0 Å². The third-order valence-corrected chi connectivity index (χ3v) is 1.00. The maximum atomic E-state index is 8.94. The molecule has 8 heavy (non-hydrogen) atoms. The van der Waals surface area contributed by atoms with Crippen LogP contribution in [0.25, 0.3) is 0 Å². The van der Waals surface area contributed by atoms with Gasteiger partial charge >= 0.3 is 0 Å². The Morgan fingerprint density at radius 2 is 2.12 bits per heavy atom. The fourth-order valence-corrected chi connectivity index (χ4v) is 0.611. The van der Waals surface area contributed by atoms with Crippen LogP contribution in [-0.4, -0.2) is 17.9 Å². The van der Waals surface area contributed by atoms with E-state index in [0.29, 0.717) is 0 Å². The molecule has 0 saturated heterocycles. The summed E-state index contributed by atoms with van der Waals surface area (Å²) < 4.78 is 0. The molecule has 0 aliphatic heterocycles. The molecule has 0 heterocycles. The minimum Gasteiger partial charge on any atom is -0.379 e. The fraction of sp³-hybridized carbons (Fsp3) is 1.00. The quantitative estimate of drug-likeness (QED) is 0.532.